The molecule has 0 radical (unpaired) electrons. The van der Waals surface area contributed by atoms with E-state index in [-0.39, 0.29) is 0 Å². The molecule has 0 aliphatic rings. The standard InChI is InChI=1S/C19H20N4O2S/c1-3-11-25-16-9-7-14(8-10-16)13-20-23-18(21-22-19(23)26)15-5-4-6-17(12-15)24-2/h4-10,12-13H,3,11H2,1-2H3,(H,22,26)/b20-13-. The molecule has 0 fully saturated rings. The minimum atomic E-state index is 0.418. The highest BCUT2D eigenvalue weighted by molar-refractivity contribution is 7.71. The third-order valence-electron chi connectivity index (χ3n) is 3.65. The number of hydrogen-bond donors (Lipinski definition) is 1. The predicted octanol–water partition coefficient (Wildman–Crippen LogP) is 4.29. The number of hydrogen-bond acceptors (Lipinski definition) is 5. The van der Waals surface area contributed by atoms with Crippen molar-refractivity contribution in [2.45, 2.75) is 13.3 Å². The number of H-pyrrole nitrogens is 1. The van der Waals surface area contributed by atoms with Crippen molar-refractivity contribution in [3.05, 3.63) is 58.9 Å². The molecule has 0 saturated heterocycles. The maximum Gasteiger partial charge on any atom is 0.216 e. The Kier molecular flexibility index (Phi) is 5.80. The Morgan fingerprint density at radius 3 is 2.73 bits per heavy atom. The third-order valence-corrected chi connectivity index (χ3v) is 3.92. The van der Waals surface area contributed by atoms with Crippen LogP contribution in [0.2, 0.25) is 0 Å². The van der Waals surface area contributed by atoms with Gasteiger partial charge in [-0.25, -0.2) is 5.10 Å². The summed E-state index contributed by atoms with van der Waals surface area (Å²) < 4.78 is 12.9. The zero-order valence-electron chi connectivity index (χ0n) is 14.7. The molecule has 3 rings (SSSR count). The van der Waals surface area contributed by atoms with Gasteiger partial charge in [-0.05, 0) is 60.6 Å². The molecule has 134 valence electrons. The second kappa shape index (κ2) is 8.44. The quantitative estimate of drug-likeness (QED) is 0.499. The zero-order valence-corrected chi connectivity index (χ0v) is 15.5. The van der Waals surface area contributed by atoms with E-state index in [0.717, 1.165) is 29.0 Å². The summed E-state index contributed by atoms with van der Waals surface area (Å²) in [6.07, 6.45) is 2.72. The third kappa shape index (κ3) is 4.18. The van der Waals surface area contributed by atoms with Crippen LogP contribution in [-0.2, 0) is 0 Å². The first kappa shape index (κ1) is 17.9. The van der Waals surface area contributed by atoms with E-state index in [1.165, 1.54) is 0 Å². The smallest absolute Gasteiger partial charge is 0.216 e. The molecule has 0 aliphatic heterocycles. The largest absolute Gasteiger partial charge is 0.497 e. The van der Waals surface area contributed by atoms with Gasteiger partial charge < -0.3 is 9.47 Å². The van der Waals surface area contributed by atoms with Gasteiger partial charge in [-0.2, -0.15) is 14.9 Å². The average molecular weight is 368 g/mol. The Hall–Kier alpha value is -2.93. The molecule has 0 bridgehead atoms. The molecule has 2 aromatic carbocycles. The van der Waals surface area contributed by atoms with Crippen molar-refractivity contribution in [2.24, 2.45) is 5.10 Å². The van der Waals surface area contributed by atoms with Gasteiger partial charge in [0.1, 0.15) is 11.5 Å². The van der Waals surface area contributed by atoms with Gasteiger partial charge >= 0.3 is 0 Å². The molecule has 0 spiro atoms. The Bertz CT molecular complexity index is 945. The van der Waals surface area contributed by atoms with Crippen LogP contribution < -0.4 is 9.47 Å². The van der Waals surface area contributed by atoms with Crippen LogP contribution >= 0.6 is 12.2 Å². The summed E-state index contributed by atoms with van der Waals surface area (Å²) in [7, 11) is 1.63. The van der Waals surface area contributed by atoms with E-state index in [2.05, 4.69) is 22.2 Å². The van der Waals surface area contributed by atoms with Crippen LogP contribution in [0.3, 0.4) is 0 Å². The van der Waals surface area contributed by atoms with Crippen LogP contribution in [0.4, 0.5) is 0 Å². The predicted molar refractivity (Wildman–Crippen MR) is 105 cm³/mol. The monoisotopic (exact) mass is 368 g/mol. The first-order valence-corrected chi connectivity index (χ1v) is 8.71. The maximum atomic E-state index is 5.59. The van der Waals surface area contributed by atoms with Gasteiger partial charge in [0.2, 0.25) is 4.77 Å². The molecule has 0 atom stereocenters. The van der Waals surface area contributed by atoms with Gasteiger partial charge in [0.05, 0.1) is 19.9 Å². The number of aromatic nitrogens is 3. The Morgan fingerprint density at radius 1 is 1.19 bits per heavy atom. The molecule has 1 aromatic heterocycles. The molecule has 0 aliphatic carbocycles. The normalized spacial score (nSPS) is 11.0. The van der Waals surface area contributed by atoms with Crippen molar-refractivity contribution in [2.75, 3.05) is 13.7 Å². The van der Waals surface area contributed by atoms with Crippen LogP contribution in [0.1, 0.15) is 18.9 Å². The molecule has 26 heavy (non-hydrogen) atoms. The molecule has 0 saturated carbocycles. The van der Waals surface area contributed by atoms with E-state index in [4.69, 9.17) is 21.7 Å². The fourth-order valence-corrected chi connectivity index (χ4v) is 2.52. The molecule has 0 unspecified atom stereocenters. The minimum Gasteiger partial charge on any atom is -0.497 e. The van der Waals surface area contributed by atoms with Crippen LogP contribution in [0, 0.1) is 4.77 Å². The van der Waals surface area contributed by atoms with Gasteiger partial charge in [-0.1, -0.05) is 19.1 Å². The number of methoxy groups -OCH3 is 1. The lowest BCUT2D eigenvalue weighted by Crippen LogP contribution is -1.96. The molecule has 3 aromatic rings. The molecular formula is C19H20N4O2S. The van der Waals surface area contributed by atoms with E-state index < -0.39 is 0 Å². The Labute approximate surface area is 157 Å². The Balaban J connectivity index is 1.85. The van der Waals surface area contributed by atoms with Crippen LogP contribution in [0.15, 0.2) is 53.6 Å². The molecule has 6 nitrogen and oxygen atoms in total. The summed E-state index contributed by atoms with van der Waals surface area (Å²) in [6.45, 7) is 2.79. The molecule has 1 N–H and O–H groups in total. The van der Waals surface area contributed by atoms with Crippen molar-refractivity contribution in [3.63, 3.8) is 0 Å². The minimum absolute atomic E-state index is 0.418. The van der Waals surface area contributed by atoms with Crippen molar-refractivity contribution < 1.29 is 9.47 Å². The molecule has 7 heteroatoms. The molecule has 0 amide bonds. The van der Waals surface area contributed by atoms with E-state index in [1.54, 1.807) is 18.0 Å². The summed E-state index contributed by atoms with van der Waals surface area (Å²) in [5.41, 5.74) is 1.80. The number of nitrogens with one attached hydrogen (secondary N) is 1. The maximum absolute atomic E-state index is 5.59. The summed E-state index contributed by atoms with van der Waals surface area (Å²) in [5.74, 6) is 2.21. The zero-order chi connectivity index (χ0) is 18.4. The van der Waals surface area contributed by atoms with E-state index in [9.17, 15) is 0 Å². The lowest BCUT2D eigenvalue weighted by atomic mass is 10.2. The highest BCUT2D eigenvalue weighted by Crippen LogP contribution is 2.22. The average Bonchev–Trinajstić information content (AvgIpc) is 3.06. The Morgan fingerprint density at radius 2 is 2.00 bits per heavy atom. The van der Waals surface area contributed by atoms with Crippen LogP contribution in [0.5, 0.6) is 11.5 Å². The lowest BCUT2D eigenvalue weighted by molar-refractivity contribution is 0.317. The first-order valence-electron chi connectivity index (χ1n) is 8.30. The van der Waals surface area contributed by atoms with Gasteiger partial charge in [-0.15, -0.1) is 0 Å². The summed E-state index contributed by atoms with van der Waals surface area (Å²) in [6, 6.07) is 15.3. The molecular weight excluding hydrogens is 348 g/mol. The highest BCUT2D eigenvalue weighted by Gasteiger charge is 2.09. The van der Waals surface area contributed by atoms with Crippen molar-refractivity contribution in [1.29, 1.82) is 0 Å². The number of rotatable bonds is 7. The second-order valence-electron chi connectivity index (χ2n) is 5.56. The topological polar surface area (TPSA) is 64.4 Å². The van der Waals surface area contributed by atoms with Crippen molar-refractivity contribution >= 4 is 18.4 Å². The number of benzene rings is 2. The SMILES string of the molecule is CCCOc1ccc(/C=N\n2c(-c3cccc(OC)c3)n[nH]c2=S)cc1. The van der Waals surface area contributed by atoms with Crippen molar-refractivity contribution in [3.8, 4) is 22.9 Å². The summed E-state index contributed by atoms with van der Waals surface area (Å²) in [4.78, 5) is 0. The first-order chi connectivity index (χ1) is 12.7. The van der Waals surface area contributed by atoms with Gasteiger partial charge in [-0.3, -0.25) is 0 Å². The van der Waals surface area contributed by atoms with Crippen molar-refractivity contribution in [1.82, 2.24) is 14.9 Å². The van der Waals surface area contributed by atoms with E-state index >= 15 is 0 Å². The number of ether oxygens (including phenoxy) is 2. The van der Waals surface area contributed by atoms with Crippen LogP contribution in [0.25, 0.3) is 11.4 Å². The van der Waals surface area contributed by atoms with E-state index in [1.807, 2.05) is 48.5 Å². The lowest BCUT2D eigenvalue weighted by Gasteiger charge is -2.05. The second-order valence-corrected chi connectivity index (χ2v) is 5.94. The summed E-state index contributed by atoms with van der Waals surface area (Å²) in [5, 5.41) is 11.5. The number of nitrogens with zero attached hydrogens (tertiary/aromatic N) is 3. The fraction of sp³-hybridized carbons (Fsp3) is 0.211. The highest BCUT2D eigenvalue weighted by atomic mass is 32.1. The van der Waals surface area contributed by atoms with Gasteiger partial charge in [0, 0.05) is 5.56 Å². The summed E-state index contributed by atoms with van der Waals surface area (Å²) >= 11 is 5.30. The fourth-order valence-electron chi connectivity index (χ4n) is 2.34. The van der Waals surface area contributed by atoms with Gasteiger partial charge in [0.15, 0.2) is 5.82 Å². The van der Waals surface area contributed by atoms with E-state index in [0.29, 0.717) is 17.2 Å². The number of aromatic amines is 1. The van der Waals surface area contributed by atoms with Gasteiger partial charge in [0.25, 0.3) is 0 Å². The molecule has 1 heterocycles. The van der Waals surface area contributed by atoms with Crippen LogP contribution in [-0.4, -0.2) is 34.8 Å².